The first-order chi connectivity index (χ1) is 10.5. The molecule has 1 aromatic carbocycles. The third kappa shape index (κ3) is 3.92. The molecule has 2 aromatic rings. The van der Waals surface area contributed by atoms with Gasteiger partial charge in [0, 0.05) is 36.7 Å². The van der Waals surface area contributed by atoms with Crippen LogP contribution in [0.2, 0.25) is 0 Å². The van der Waals surface area contributed by atoms with Crippen LogP contribution in [0.4, 0.5) is 0 Å². The van der Waals surface area contributed by atoms with E-state index in [-0.39, 0.29) is 12.7 Å². The predicted octanol–water partition coefficient (Wildman–Crippen LogP) is 2.67. The highest BCUT2D eigenvalue weighted by atomic mass is 35.5. The van der Waals surface area contributed by atoms with E-state index in [1.807, 2.05) is 13.8 Å². The van der Waals surface area contributed by atoms with Crippen LogP contribution in [0, 0.1) is 0 Å². The van der Waals surface area contributed by atoms with Crippen molar-refractivity contribution < 1.29 is 14.3 Å². The number of aromatic nitrogens is 2. The minimum absolute atomic E-state index is 0.0251. The minimum atomic E-state index is -0.407. The average molecular weight is 324 g/mol. The van der Waals surface area contributed by atoms with Crippen molar-refractivity contribution in [1.29, 1.82) is 0 Å². The van der Waals surface area contributed by atoms with E-state index < -0.39 is 5.91 Å². The molecule has 2 rings (SSSR count). The maximum Gasteiger partial charge on any atom is 0.266 e. The Bertz CT molecular complexity index is 655. The molecule has 0 radical (unpaired) electrons. The van der Waals surface area contributed by atoms with Crippen molar-refractivity contribution in [2.75, 3.05) is 0 Å². The van der Waals surface area contributed by atoms with Crippen LogP contribution < -0.4 is 14.3 Å². The molecule has 0 bridgehead atoms. The lowest BCUT2D eigenvalue weighted by Crippen LogP contribution is -2.18. The summed E-state index contributed by atoms with van der Waals surface area (Å²) in [4.78, 5) is 14.0. The van der Waals surface area contributed by atoms with Gasteiger partial charge < -0.3 is 9.47 Å². The van der Waals surface area contributed by atoms with Gasteiger partial charge in [-0.05, 0) is 26.0 Å². The Morgan fingerprint density at radius 2 is 2.18 bits per heavy atom. The summed E-state index contributed by atoms with van der Waals surface area (Å²) in [6.07, 6.45) is 1.75. The van der Waals surface area contributed by atoms with Gasteiger partial charge in [-0.2, -0.15) is 0 Å². The number of benzene rings is 1. The van der Waals surface area contributed by atoms with Crippen LogP contribution >= 0.6 is 11.8 Å². The van der Waals surface area contributed by atoms with Crippen LogP contribution in [-0.4, -0.2) is 21.8 Å². The van der Waals surface area contributed by atoms with Crippen molar-refractivity contribution in [3.63, 3.8) is 0 Å². The molecule has 0 aliphatic carbocycles. The molecule has 0 aliphatic heterocycles. The molecule has 0 aliphatic rings. The molecule has 0 fully saturated rings. The molecule has 0 saturated carbocycles. The summed E-state index contributed by atoms with van der Waals surface area (Å²) in [5, 5.41) is 4.14. The molecule has 22 heavy (non-hydrogen) atoms. The number of nitrogens with one attached hydrogen (secondary N) is 1. The largest absolute Gasteiger partial charge is 0.491 e. The summed E-state index contributed by atoms with van der Waals surface area (Å²) in [5.74, 6) is 0.651. The Kier molecular flexibility index (Phi) is 5.27. The SMILES string of the molecule is CC(C)Oc1cccc(C(=O)NCl)c1COc1ccn(C)n1. The quantitative estimate of drug-likeness (QED) is 0.830. The van der Waals surface area contributed by atoms with Crippen molar-refractivity contribution >= 4 is 17.7 Å². The first-order valence-corrected chi connectivity index (χ1v) is 7.21. The Hall–Kier alpha value is -2.21. The second kappa shape index (κ2) is 7.17. The first kappa shape index (κ1) is 16.2. The molecule has 0 unspecified atom stereocenters. The number of hydrogen-bond donors (Lipinski definition) is 1. The number of carbonyl (C=O) groups is 1. The van der Waals surface area contributed by atoms with Crippen LogP contribution in [-0.2, 0) is 13.7 Å². The van der Waals surface area contributed by atoms with Gasteiger partial charge in [0.25, 0.3) is 5.91 Å². The highest BCUT2D eigenvalue weighted by molar-refractivity contribution is 6.24. The van der Waals surface area contributed by atoms with Crippen molar-refractivity contribution in [2.24, 2.45) is 7.05 Å². The lowest BCUT2D eigenvalue weighted by atomic mass is 10.1. The van der Waals surface area contributed by atoms with Crippen LogP contribution in [0.25, 0.3) is 0 Å². The highest BCUT2D eigenvalue weighted by Gasteiger charge is 2.17. The van der Waals surface area contributed by atoms with Gasteiger partial charge in [0.1, 0.15) is 12.4 Å². The third-order valence-electron chi connectivity index (χ3n) is 2.88. The van der Waals surface area contributed by atoms with E-state index in [1.54, 1.807) is 42.2 Å². The number of halogens is 1. The smallest absolute Gasteiger partial charge is 0.266 e. The van der Waals surface area contributed by atoms with E-state index in [9.17, 15) is 4.79 Å². The minimum Gasteiger partial charge on any atom is -0.491 e. The molecule has 1 amide bonds. The fraction of sp³-hybridized carbons (Fsp3) is 0.333. The second-order valence-corrected chi connectivity index (χ2v) is 5.18. The highest BCUT2D eigenvalue weighted by Crippen LogP contribution is 2.25. The predicted molar refractivity (Wildman–Crippen MR) is 83.1 cm³/mol. The third-order valence-corrected chi connectivity index (χ3v) is 3.05. The summed E-state index contributed by atoms with van der Waals surface area (Å²) in [5.41, 5.74) is 1.03. The molecule has 118 valence electrons. The molecule has 0 atom stereocenters. The Balaban J connectivity index is 2.29. The lowest BCUT2D eigenvalue weighted by molar-refractivity contribution is 0.0978. The molecule has 6 nitrogen and oxygen atoms in total. The van der Waals surface area contributed by atoms with E-state index in [1.165, 1.54) is 0 Å². The van der Waals surface area contributed by atoms with Crippen molar-refractivity contribution in [3.8, 4) is 11.6 Å². The normalized spacial score (nSPS) is 10.6. The zero-order chi connectivity index (χ0) is 16.1. The van der Waals surface area contributed by atoms with E-state index in [0.717, 1.165) is 0 Å². The van der Waals surface area contributed by atoms with Crippen molar-refractivity contribution in [2.45, 2.75) is 26.6 Å². The van der Waals surface area contributed by atoms with Gasteiger partial charge in [-0.25, -0.2) is 0 Å². The van der Waals surface area contributed by atoms with E-state index in [2.05, 4.69) is 9.93 Å². The summed E-state index contributed by atoms with van der Waals surface area (Å²) in [6.45, 7) is 3.98. The topological polar surface area (TPSA) is 65.4 Å². The molecular weight excluding hydrogens is 306 g/mol. The molecule has 7 heteroatoms. The van der Waals surface area contributed by atoms with Gasteiger partial charge in [0.2, 0.25) is 5.88 Å². The van der Waals surface area contributed by atoms with Gasteiger partial charge in [-0.15, -0.1) is 5.10 Å². The second-order valence-electron chi connectivity index (χ2n) is 4.99. The Morgan fingerprint density at radius 3 is 2.77 bits per heavy atom. The van der Waals surface area contributed by atoms with Crippen LogP contribution in [0.3, 0.4) is 0 Å². The number of carbonyl (C=O) groups excluding carboxylic acids is 1. The van der Waals surface area contributed by atoms with E-state index in [4.69, 9.17) is 21.3 Å². The van der Waals surface area contributed by atoms with Crippen LogP contribution in [0.15, 0.2) is 30.5 Å². The van der Waals surface area contributed by atoms with E-state index >= 15 is 0 Å². The van der Waals surface area contributed by atoms with Crippen LogP contribution in [0.1, 0.15) is 29.8 Å². The molecule has 1 aromatic heterocycles. The molecular formula is C15H18ClN3O3. The van der Waals surface area contributed by atoms with Crippen molar-refractivity contribution in [3.05, 3.63) is 41.6 Å². The first-order valence-electron chi connectivity index (χ1n) is 6.83. The van der Waals surface area contributed by atoms with Gasteiger partial charge in [0.05, 0.1) is 11.7 Å². The van der Waals surface area contributed by atoms with Gasteiger partial charge in [0.15, 0.2) is 0 Å². The van der Waals surface area contributed by atoms with Crippen molar-refractivity contribution in [1.82, 2.24) is 14.6 Å². The average Bonchev–Trinajstić information content (AvgIpc) is 2.90. The summed E-state index contributed by atoms with van der Waals surface area (Å²) in [6, 6.07) is 6.95. The summed E-state index contributed by atoms with van der Waals surface area (Å²) >= 11 is 5.44. The maximum atomic E-state index is 11.9. The summed E-state index contributed by atoms with van der Waals surface area (Å²) in [7, 11) is 1.80. The maximum absolute atomic E-state index is 11.9. The summed E-state index contributed by atoms with van der Waals surface area (Å²) < 4.78 is 13.0. The monoisotopic (exact) mass is 323 g/mol. The molecule has 1 N–H and O–H groups in total. The van der Waals surface area contributed by atoms with Gasteiger partial charge in [-0.3, -0.25) is 14.3 Å². The molecule has 0 spiro atoms. The molecule has 1 heterocycles. The fourth-order valence-corrected chi connectivity index (χ4v) is 2.06. The zero-order valence-corrected chi connectivity index (χ0v) is 13.4. The van der Waals surface area contributed by atoms with Crippen LogP contribution in [0.5, 0.6) is 11.6 Å². The number of amides is 1. The van der Waals surface area contributed by atoms with Gasteiger partial charge >= 0.3 is 0 Å². The number of rotatable bonds is 6. The standard InChI is InChI=1S/C15H18ClN3O3/c1-10(2)22-13-6-4-5-11(15(20)17-16)12(13)9-21-14-7-8-19(3)18-14/h4-8,10H,9H2,1-3H3,(H,17,20). The Morgan fingerprint density at radius 1 is 1.41 bits per heavy atom. The Labute approximate surface area is 134 Å². The number of ether oxygens (including phenoxy) is 2. The number of nitrogens with zero attached hydrogens (tertiary/aromatic N) is 2. The fourth-order valence-electron chi connectivity index (χ4n) is 1.96. The number of aryl methyl sites for hydroxylation is 1. The van der Waals surface area contributed by atoms with Gasteiger partial charge in [-0.1, -0.05) is 6.07 Å². The van der Waals surface area contributed by atoms with E-state index in [0.29, 0.717) is 22.8 Å². The number of hydrogen-bond acceptors (Lipinski definition) is 4. The lowest BCUT2D eigenvalue weighted by Gasteiger charge is -2.16. The molecule has 0 saturated heterocycles. The zero-order valence-electron chi connectivity index (χ0n) is 12.7.